The highest BCUT2D eigenvalue weighted by atomic mass is 32.2. The number of aromatic nitrogens is 4. The smallest absolute Gasteiger partial charge is 0.245 e. The van der Waals surface area contributed by atoms with Gasteiger partial charge < -0.3 is 15.6 Å². The van der Waals surface area contributed by atoms with Crippen molar-refractivity contribution < 1.29 is 18.0 Å². The number of carbonyl (C=O) groups is 2. The molecule has 1 aromatic carbocycles. The second-order valence-electron chi connectivity index (χ2n) is 9.67. The summed E-state index contributed by atoms with van der Waals surface area (Å²) in [5, 5.41) is 5.94. The van der Waals surface area contributed by atoms with Gasteiger partial charge in [-0.1, -0.05) is 18.9 Å². The minimum absolute atomic E-state index is 0.0974. The third-order valence-corrected chi connectivity index (χ3v) is 9.79. The van der Waals surface area contributed by atoms with Crippen molar-refractivity contribution >= 4 is 44.6 Å². The summed E-state index contributed by atoms with van der Waals surface area (Å²) in [7, 11) is -4.00. The van der Waals surface area contributed by atoms with Gasteiger partial charge in [0.2, 0.25) is 21.8 Å². The Morgan fingerprint density at radius 3 is 2.86 bits per heavy atom. The number of hydrogen-bond donors (Lipinski definition) is 3. The Kier molecular flexibility index (Phi) is 7.81. The number of hydrogen-bond acceptors (Lipinski definition) is 8. The van der Waals surface area contributed by atoms with E-state index in [9.17, 15) is 18.0 Å². The lowest BCUT2D eigenvalue weighted by Crippen LogP contribution is -2.47. The summed E-state index contributed by atoms with van der Waals surface area (Å²) in [5.41, 5.74) is 1.78. The zero-order valence-corrected chi connectivity index (χ0v) is 22.1. The van der Waals surface area contributed by atoms with Gasteiger partial charge in [-0.05, 0) is 37.8 Å². The van der Waals surface area contributed by atoms with Gasteiger partial charge in [-0.25, -0.2) is 13.4 Å². The van der Waals surface area contributed by atoms with Crippen molar-refractivity contribution in [2.24, 2.45) is 11.8 Å². The van der Waals surface area contributed by atoms with Crippen LogP contribution < -0.4 is 10.6 Å². The molecule has 198 valence electrons. The SMILES string of the molecule is O=C(NCCc1cnc[nH]1)C1CC2C(=O)NCCCCCCN(S(=O)(=O)c3cccc4nsnc34)C2C1. The maximum absolute atomic E-state index is 14.1. The van der Waals surface area contributed by atoms with Gasteiger partial charge >= 0.3 is 0 Å². The van der Waals surface area contributed by atoms with Crippen LogP contribution in [0.25, 0.3) is 11.0 Å². The first-order valence-corrected chi connectivity index (χ1v) is 14.9. The van der Waals surface area contributed by atoms with Crippen LogP contribution in [-0.4, -0.2) is 68.9 Å². The predicted molar refractivity (Wildman–Crippen MR) is 138 cm³/mol. The lowest BCUT2D eigenvalue weighted by molar-refractivity contribution is -0.126. The molecule has 1 saturated carbocycles. The highest BCUT2D eigenvalue weighted by Gasteiger charge is 2.48. The first kappa shape index (κ1) is 25.7. The molecule has 2 fully saturated rings. The monoisotopic (exact) mass is 545 g/mol. The van der Waals surface area contributed by atoms with Crippen molar-refractivity contribution in [1.82, 2.24) is 33.7 Å². The predicted octanol–water partition coefficient (Wildman–Crippen LogP) is 1.85. The molecule has 37 heavy (non-hydrogen) atoms. The van der Waals surface area contributed by atoms with Crippen molar-refractivity contribution in [3.63, 3.8) is 0 Å². The third-order valence-electron chi connectivity index (χ3n) is 7.29. The maximum Gasteiger partial charge on any atom is 0.245 e. The van der Waals surface area contributed by atoms with Gasteiger partial charge in [-0.3, -0.25) is 9.59 Å². The summed E-state index contributed by atoms with van der Waals surface area (Å²) in [6, 6.07) is 4.33. The van der Waals surface area contributed by atoms with Gasteiger partial charge in [0.15, 0.2) is 0 Å². The Hall–Kier alpha value is -2.90. The molecule has 2 aliphatic rings. The number of aromatic amines is 1. The van der Waals surface area contributed by atoms with Gasteiger partial charge in [-0.2, -0.15) is 13.1 Å². The molecule has 0 radical (unpaired) electrons. The molecule has 11 nitrogen and oxygen atoms in total. The normalized spacial score (nSPS) is 23.8. The number of imidazole rings is 1. The van der Waals surface area contributed by atoms with Crippen LogP contribution >= 0.6 is 11.7 Å². The fraction of sp³-hybridized carbons (Fsp3) is 0.542. The van der Waals surface area contributed by atoms with E-state index in [0.29, 0.717) is 56.4 Å². The number of H-pyrrole nitrogens is 1. The Labute approximate surface area is 219 Å². The Morgan fingerprint density at radius 2 is 2.03 bits per heavy atom. The van der Waals surface area contributed by atoms with E-state index in [0.717, 1.165) is 36.7 Å². The van der Waals surface area contributed by atoms with Gasteiger partial charge in [0.05, 0.1) is 24.0 Å². The molecule has 3 aromatic rings. The van der Waals surface area contributed by atoms with Crippen LogP contribution in [0.4, 0.5) is 0 Å². The molecule has 3 heterocycles. The first-order chi connectivity index (χ1) is 17.9. The van der Waals surface area contributed by atoms with Crippen LogP contribution in [0, 0.1) is 11.8 Å². The lowest BCUT2D eigenvalue weighted by Gasteiger charge is -2.31. The number of rotatable bonds is 6. The molecule has 2 aromatic heterocycles. The van der Waals surface area contributed by atoms with E-state index in [1.54, 1.807) is 30.7 Å². The molecule has 0 spiro atoms. The minimum Gasteiger partial charge on any atom is -0.356 e. The molecule has 1 aliphatic carbocycles. The standard InChI is InChI=1S/C24H31N7O4S2/c32-23(27-10-8-17-14-25-15-28-17)16-12-18-20(13-16)31(11-4-2-1-3-9-26-24(18)33)37(34,35)21-7-5-6-19-22(21)30-36-29-19/h5-7,14-16,18,20H,1-4,8-13H2,(H,25,28)(H,26,33)(H,27,32). The third kappa shape index (κ3) is 5.53. The molecule has 3 N–H and O–H groups in total. The number of amides is 2. The largest absolute Gasteiger partial charge is 0.356 e. The summed E-state index contributed by atoms with van der Waals surface area (Å²) in [4.78, 5) is 33.4. The van der Waals surface area contributed by atoms with Crippen LogP contribution in [0.2, 0.25) is 0 Å². The van der Waals surface area contributed by atoms with Crippen LogP contribution in [0.15, 0.2) is 35.6 Å². The van der Waals surface area contributed by atoms with Gasteiger partial charge in [-0.15, -0.1) is 0 Å². The van der Waals surface area contributed by atoms with E-state index in [2.05, 4.69) is 29.3 Å². The van der Waals surface area contributed by atoms with Crippen LogP contribution in [0.1, 0.15) is 44.2 Å². The van der Waals surface area contributed by atoms with Gasteiger partial charge in [0.1, 0.15) is 15.9 Å². The fourth-order valence-electron chi connectivity index (χ4n) is 5.38. The zero-order valence-electron chi connectivity index (χ0n) is 20.4. The van der Waals surface area contributed by atoms with Crippen molar-refractivity contribution in [3.8, 4) is 0 Å². The molecule has 2 amide bonds. The van der Waals surface area contributed by atoms with Gasteiger partial charge in [0, 0.05) is 49.9 Å². The Balaban J connectivity index is 1.42. The van der Waals surface area contributed by atoms with Crippen molar-refractivity contribution in [2.75, 3.05) is 19.6 Å². The number of nitrogens with zero attached hydrogens (tertiary/aromatic N) is 4. The molecule has 1 aliphatic heterocycles. The second kappa shape index (κ2) is 11.2. The van der Waals surface area contributed by atoms with Crippen molar-refractivity contribution in [2.45, 2.75) is 55.9 Å². The minimum atomic E-state index is -4.00. The molecular weight excluding hydrogens is 514 g/mol. The number of fused-ring (bicyclic) bond motifs is 2. The van der Waals surface area contributed by atoms with Crippen LogP contribution in [0.3, 0.4) is 0 Å². The average molecular weight is 546 g/mol. The van der Waals surface area contributed by atoms with Crippen molar-refractivity contribution in [1.29, 1.82) is 0 Å². The van der Waals surface area contributed by atoms with E-state index < -0.39 is 27.9 Å². The van der Waals surface area contributed by atoms with E-state index in [-0.39, 0.29) is 16.7 Å². The summed E-state index contributed by atoms with van der Waals surface area (Å²) in [6.07, 6.45) is 7.81. The Morgan fingerprint density at radius 1 is 1.16 bits per heavy atom. The Bertz CT molecular complexity index is 1340. The van der Waals surface area contributed by atoms with E-state index in [1.165, 1.54) is 4.31 Å². The molecule has 3 unspecified atom stereocenters. The maximum atomic E-state index is 14.1. The van der Waals surface area contributed by atoms with Crippen LogP contribution in [-0.2, 0) is 26.0 Å². The zero-order chi connectivity index (χ0) is 25.8. The molecular formula is C24H31N7O4S2. The van der Waals surface area contributed by atoms with E-state index in [4.69, 9.17) is 0 Å². The number of carbonyl (C=O) groups excluding carboxylic acids is 2. The topological polar surface area (TPSA) is 150 Å². The highest BCUT2D eigenvalue weighted by Crippen LogP contribution is 2.39. The summed E-state index contributed by atoms with van der Waals surface area (Å²) < 4.78 is 38.1. The summed E-state index contributed by atoms with van der Waals surface area (Å²) in [6.45, 7) is 1.28. The molecule has 13 heteroatoms. The average Bonchev–Trinajstić information content (AvgIpc) is 3.65. The van der Waals surface area contributed by atoms with Crippen LogP contribution in [0.5, 0.6) is 0 Å². The summed E-state index contributed by atoms with van der Waals surface area (Å²) in [5.74, 6) is -1.41. The van der Waals surface area contributed by atoms with Crippen molar-refractivity contribution in [3.05, 3.63) is 36.4 Å². The molecule has 0 bridgehead atoms. The number of sulfonamides is 1. The fourth-order valence-corrected chi connectivity index (χ4v) is 7.85. The molecule has 3 atom stereocenters. The second-order valence-corrected chi connectivity index (χ2v) is 12.1. The first-order valence-electron chi connectivity index (χ1n) is 12.7. The molecule has 1 saturated heterocycles. The summed E-state index contributed by atoms with van der Waals surface area (Å²) >= 11 is 0.971. The van der Waals surface area contributed by atoms with E-state index >= 15 is 0 Å². The van der Waals surface area contributed by atoms with Gasteiger partial charge in [0.25, 0.3) is 0 Å². The lowest BCUT2D eigenvalue weighted by atomic mass is 10.0. The van der Waals surface area contributed by atoms with E-state index in [1.807, 2.05) is 0 Å². The quantitative estimate of drug-likeness (QED) is 0.428. The number of benzene rings is 1. The highest BCUT2D eigenvalue weighted by molar-refractivity contribution is 7.89. The molecule has 5 rings (SSSR count). The number of nitrogens with one attached hydrogen (secondary N) is 3.